The number of hydrogen-bond acceptors (Lipinski definition) is 2. The SMILES string of the molecule is CCCCCCCCCCC(O)C(O)CCCCCCC. The molecule has 2 unspecified atom stereocenters. The number of unbranched alkanes of at least 4 members (excludes halogenated alkanes) is 11. The van der Waals surface area contributed by atoms with E-state index in [4.69, 9.17) is 0 Å². The highest BCUT2D eigenvalue weighted by atomic mass is 16.3. The Morgan fingerprint density at radius 3 is 1.10 bits per heavy atom. The van der Waals surface area contributed by atoms with Gasteiger partial charge in [-0.3, -0.25) is 0 Å². The summed E-state index contributed by atoms with van der Waals surface area (Å²) in [6.07, 6.45) is 16.8. The molecule has 2 N–H and O–H groups in total. The molecule has 2 nitrogen and oxygen atoms in total. The second kappa shape index (κ2) is 16.3. The second-order valence-corrected chi connectivity index (χ2v) is 6.60. The van der Waals surface area contributed by atoms with Crippen LogP contribution in [0, 0.1) is 0 Å². The van der Waals surface area contributed by atoms with E-state index in [-0.39, 0.29) is 0 Å². The summed E-state index contributed by atoms with van der Waals surface area (Å²) in [5, 5.41) is 19.9. The Kier molecular flexibility index (Phi) is 16.2. The first-order valence-corrected chi connectivity index (χ1v) is 9.58. The van der Waals surface area contributed by atoms with Crippen molar-refractivity contribution in [2.24, 2.45) is 0 Å². The molecule has 21 heavy (non-hydrogen) atoms. The van der Waals surface area contributed by atoms with Crippen LogP contribution < -0.4 is 0 Å². The van der Waals surface area contributed by atoms with Crippen LogP contribution in [-0.4, -0.2) is 22.4 Å². The lowest BCUT2D eigenvalue weighted by atomic mass is 9.99. The second-order valence-electron chi connectivity index (χ2n) is 6.60. The summed E-state index contributed by atoms with van der Waals surface area (Å²) in [7, 11) is 0. The van der Waals surface area contributed by atoms with Gasteiger partial charge in [0, 0.05) is 0 Å². The number of rotatable bonds is 16. The van der Waals surface area contributed by atoms with E-state index in [9.17, 15) is 10.2 Å². The monoisotopic (exact) mass is 300 g/mol. The van der Waals surface area contributed by atoms with Crippen molar-refractivity contribution in [2.75, 3.05) is 0 Å². The number of aliphatic hydroxyl groups is 2. The van der Waals surface area contributed by atoms with Crippen LogP contribution in [0.5, 0.6) is 0 Å². The van der Waals surface area contributed by atoms with Crippen LogP contribution >= 0.6 is 0 Å². The molecule has 0 aliphatic carbocycles. The molecular formula is C19H40O2. The van der Waals surface area contributed by atoms with Crippen molar-refractivity contribution in [3.63, 3.8) is 0 Å². The quantitative estimate of drug-likeness (QED) is 0.364. The van der Waals surface area contributed by atoms with Crippen LogP contribution in [0.2, 0.25) is 0 Å². The van der Waals surface area contributed by atoms with Gasteiger partial charge in [-0.1, -0.05) is 97.3 Å². The van der Waals surface area contributed by atoms with E-state index in [1.54, 1.807) is 0 Å². The molecule has 0 aliphatic rings. The zero-order chi connectivity index (χ0) is 15.8. The third kappa shape index (κ3) is 14.6. The summed E-state index contributed by atoms with van der Waals surface area (Å²) in [5.74, 6) is 0. The molecule has 2 atom stereocenters. The lowest BCUT2D eigenvalue weighted by molar-refractivity contribution is 0.00712. The topological polar surface area (TPSA) is 40.5 Å². The maximum Gasteiger partial charge on any atom is 0.0799 e. The van der Waals surface area contributed by atoms with Gasteiger partial charge in [-0.15, -0.1) is 0 Å². The molecule has 0 saturated heterocycles. The maximum absolute atomic E-state index is 9.94. The van der Waals surface area contributed by atoms with Gasteiger partial charge in [0.1, 0.15) is 0 Å². The minimum atomic E-state index is -0.504. The smallest absolute Gasteiger partial charge is 0.0799 e. The summed E-state index contributed by atoms with van der Waals surface area (Å²) in [4.78, 5) is 0. The first-order chi connectivity index (χ1) is 10.2. The summed E-state index contributed by atoms with van der Waals surface area (Å²) in [6, 6.07) is 0. The molecule has 0 amide bonds. The standard InChI is InChI=1S/C19H40O2/c1-3-5-7-9-10-11-13-15-17-19(21)18(20)16-14-12-8-6-4-2/h18-21H,3-17H2,1-2H3. The number of aliphatic hydroxyl groups excluding tert-OH is 2. The minimum Gasteiger partial charge on any atom is -0.390 e. The summed E-state index contributed by atoms with van der Waals surface area (Å²) < 4.78 is 0. The summed E-state index contributed by atoms with van der Waals surface area (Å²) >= 11 is 0. The van der Waals surface area contributed by atoms with Gasteiger partial charge >= 0.3 is 0 Å². The molecule has 0 aliphatic heterocycles. The van der Waals surface area contributed by atoms with E-state index >= 15 is 0 Å². The van der Waals surface area contributed by atoms with Crippen molar-refractivity contribution < 1.29 is 10.2 Å². The molecule has 0 radical (unpaired) electrons. The van der Waals surface area contributed by atoms with Crippen LogP contribution in [0.15, 0.2) is 0 Å². The van der Waals surface area contributed by atoms with Crippen molar-refractivity contribution in [1.29, 1.82) is 0 Å². The van der Waals surface area contributed by atoms with Crippen LogP contribution in [0.4, 0.5) is 0 Å². The van der Waals surface area contributed by atoms with Gasteiger partial charge < -0.3 is 10.2 Å². The van der Waals surface area contributed by atoms with Crippen LogP contribution in [0.3, 0.4) is 0 Å². The van der Waals surface area contributed by atoms with Gasteiger partial charge in [-0.2, -0.15) is 0 Å². The largest absolute Gasteiger partial charge is 0.390 e. The molecule has 0 aromatic heterocycles. The Bertz CT molecular complexity index is 194. The lowest BCUT2D eigenvalue weighted by Gasteiger charge is -2.17. The molecule has 0 saturated carbocycles. The molecular weight excluding hydrogens is 260 g/mol. The molecule has 0 rings (SSSR count). The zero-order valence-corrected chi connectivity index (χ0v) is 14.7. The Labute approximate surface area is 133 Å². The third-order valence-electron chi connectivity index (χ3n) is 4.40. The van der Waals surface area contributed by atoms with Crippen molar-refractivity contribution in [3.05, 3.63) is 0 Å². The van der Waals surface area contributed by atoms with Crippen molar-refractivity contribution in [1.82, 2.24) is 0 Å². The first-order valence-electron chi connectivity index (χ1n) is 9.58. The van der Waals surface area contributed by atoms with Gasteiger partial charge in [-0.05, 0) is 12.8 Å². The van der Waals surface area contributed by atoms with Crippen LogP contribution in [-0.2, 0) is 0 Å². The lowest BCUT2D eigenvalue weighted by Crippen LogP contribution is -2.25. The van der Waals surface area contributed by atoms with E-state index in [1.165, 1.54) is 70.6 Å². The van der Waals surface area contributed by atoms with Gasteiger partial charge in [0.15, 0.2) is 0 Å². The van der Waals surface area contributed by atoms with Crippen molar-refractivity contribution >= 4 is 0 Å². The Hall–Kier alpha value is -0.0800. The predicted molar refractivity (Wildman–Crippen MR) is 92.6 cm³/mol. The normalized spacial score (nSPS) is 14.3. The molecule has 0 heterocycles. The van der Waals surface area contributed by atoms with Gasteiger partial charge in [-0.25, -0.2) is 0 Å². The highest BCUT2D eigenvalue weighted by Crippen LogP contribution is 2.15. The molecule has 128 valence electrons. The molecule has 0 aromatic carbocycles. The van der Waals surface area contributed by atoms with E-state index in [2.05, 4.69) is 13.8 Å². The average Bonchev–Trinajstić information content (AvgIpc) is 2.49. The predicted octanol–water partition coefficient (Wildman–Crippen LogP) is 5.60. The Morgan fingerprint density at radius 2 is 0.762 bits per heavy atom. The van der Waals surface area contributed by atoms with E-state index in [1.807, 2.05) is 0 Å². The fourth-order valence-corrected chi connectivity index (χ4v) is 2.83. The summed E-state index contributed by atoms with van der Waals surface area (Å²) in [5.41, 5.74) is 0. The van der Waals surface area contributed by atoms with Gasteiger partial charge in [0.2, 0.25) is 0 Å². The van der Waals surface area contributed by atoms with Crippen LogP contribution in [0.25, 0.3) is 0 Å². The first kappa shape index (κ1) is 20.9. The van der Waals surface area contributed by atoms with Gasteiger partial charge in [0.05, 0.1) is 12.2 Å². The van der Waals surface area contributed by atoms with E-state index in [0.29, 0.717) is 0 Å². The van der Waals surface area contributed by atoms with Gasteiger partial charge in [0.25, 0.3) is 0 Å². The third-order valence-corrected chi connectivity index (χ3v) is 4.40. The Balaban J connectivity index is 3.32. The van der Waals surface area contributed by atoms with Crippen molar-refractivity contribution in [2.45, 2.75) is 122 Å². The molecule has 0 bridgehead atoms. The average molecular weight is 301 g/mol. The molecule has 2 heteroatoms. The van der Waals surface area contributed by atoms with E-state index < -0.39 is 12.2 Å². The Morgan fingerprint density at radius 1 is 0.476 bits per heavy atom. The van der Waals surface area contributed by atoms with Crippen molar-refractivity contribution in [3.8, 4) is 0 Å². The molecule has 0 spiro atoms. The molecule has 0 fully saturated rings. The molecule has 0 aromatic rings. The highest BCUT2D eigenvalue weighted by molar-refractivity contribution is 4.67. The van der Waals surface area contributed by atoms with E-state index in [0.717, 1.165) is 25.7 Å². The zero-order valence-electron chi connectivity index (χ0n) is 14.7. The highest BCUT2D eigenvalue weighted by Gasteiger charge is 2.14. The maximum atomic E-state index is 9.94. The minimum absolute atomic E-state index is 0.503. The fourth-order valence-electron chi connectivity index (χ4n) is 2.83. The number of hydrogen-bond donors (Lipinski definition) is 2. The fraction of sp³-hybridized carbons (Fsp3) is 1.00. The summed E-state index contributed by atoms with van der Waals surface area (Å²) in [6.45, 7) is 4.46. The van der Waals surface area contributed by atoms with Crippen LogP contribution in [0.1, 0.15) is 110 Å².